The number of aromatic nitrogens is 2. The van der Waals surface area contributed by atoms with E-state index in [-0.39, 0.29) is 0 Å². The van der Waals surface area contributed by atoms with E-state index in [1.54, 1.807) is 0 Å². The minimum absolute atomic E-state index is 0.669. The van der Waals surface area contributed by atoms with Gasteiger partial charge in [-0.1, -0.05) is 6.92 Å². The van der Waals surface area contributed by atoms with Crippen molar-refractivity contribution in [2.75, 3.05) is 20.1 Å². The Morgan fingerprint density at radius 2 is 2.18 bits per heavy atom. The summed E-state index contributed by atoms with van der Waals surface area (Å²) < 4.78 is 2.39. The van der Waals surface area contributed by atoms with E-state index in [1.165, 1.54) is 56.8 Å². The lowest BCUT2D eigenvalue weighted by molar-refractivity contribution is 0.248. The highest BCUT2D eigenvalue weighted by molar-refractivity contribution is 5.13. The molecule has 2 atom stereocenters. The van der Waals surface area contributed by atoms with Gasteiger partial charge in [-0.2, -0.15) is 0 Å². The minimum atomic E-state index is 0.669. The Morgan fingerprint density at radius 1 is 1.29 bits per heavy atom. The van der Waals surface area contributed by atoms with Gasteiger partial charge in [0, 0.05) is 31.6 Å². The van der Waals surface area contributed by atoms with Crippen molar-refractivity contribution in [3.05, 3.63) is 17.7 Å². The topological polar surface area (TPSA) is 21.1 Å². The SMILES string of the molecule is CC1CCn2cc(C3CCCN(C)C3)nc2C1. The zero-order valence-corrected chi connectivity index (χ0v) is 11.0. The first-order chi connectivity index (χ1) is 8.22. The number of hydrogen-bond donors (Lipinski definition) is 0. The van der Waals surface area contributed by atoms with E-state index in [4.69, 9.17) is 4.98 Å². The van der Waals surface area contributed by atoms with Gasteiger partial charge < -0.3 is 9.47 Å². The van der Waals surface area contributed by atoms with Crippen LogP contribution in [-0.2, 0) is 13.0 Å². The van der Waals surface area contributed by atoms with E-state index < -0.39 is 0 Å². The standard InChI is InChI=1S/C14H23N3/c1-11-5-7-17-10-13(15-14(17)8-11)12-4-3-6-16(2)9-12/h10-12H,3-9H2,1-2H3. The molecule has 0 aromatic carbocycles. The van der Waals surface area contributed by atoms with E-state index in [2.05, 4.69) is 29.6 Å². The molecule has 1 saturated heterocycles. The molecule has 0 amide bonds. The van der Waals surface area contributed by atoms with Crippen molar-refractivity contribution in [1.82, 2.24) is 14.5 Å². The number of imidazole rings is 1. The predicted molar refractivity (Wildman–Crippen MR) is 69.2 cm³/mol. The van der Waals surface area contributed by atoms with Crippen LogP contribution in [0.3, 0.4) is 0 Å². The largest absolute Gasteiger partial charge is 0.335 e. The normalized spacial score (nSPS) is 30.2. The van der Waals surface area contributed by atoms with Gasteiger partial charge in [0.25, 0.3) is 0 Å². The molecular formula is C14H23N3. The molecule has 0 saturated carbocycles. The lowest BCUT2D eigenvalue weighted by atomic mass is 9.96. The summed E-state index contributed by atoms with van der Waals surface area (Å²) in [6.45, 7) is 5.95. The Morgan fingerprint density at radius 3 is 3.00 bits per heavy atom. The lowest BCUT2D eigenvalue weighted by Crippen LogP contribution is -2.30. The lowest BCUT2D eigenvalue weighted by Gasteiger charge is -2.28. The Balaban J connectivity index is 1.79. The molecule has 3 nitrogen and oxygen atoms in total. The fourth-order valence-corrected chi connectivity index (χ4v) is 3.21. The zero-order valence-electron chi connectivity index (χ0n) is 11.0. The highest BCUT2D eigenvalue weighted by atomic mass is 15.1. The summed E-state index contributed by atoms with van der Waals surface area (Å²) in [4.78, 5) is 7.34. The minimum Gasteiger partial charge on any atom is -0.335 e. The van der Waals surface area contributed by atoms with Gasteiger partial charge >= 0.3 is 0 Å². The Hall–Kier alpha value is -0.830. The molecule has 1 fully saturated rings. The third kappa shape index (κ3) is 2.25. The second-order valence-corrected chi connectivity index (χ2v) is 5.97. The van der Waals surface area contributed by atoms with Gasteiger partial charge in [0.2, 0.25) is 0 Å². The molecule has 0 spiro atoms. The van der Waals surface area contributed by atoms with Crippen molar-refractivity contribution < 1.29 is 0 Å². The molecule has 3 heteroatoms. The number of fused-ring (bicyclic) bond motifs is 1. The van der Waals surface area contributed by atoms with Crippen molar-refractivity contribution in [3.8, 4) is 0 Å². The maximum Gasteiger partial charge on any atom is 0.109 e. The second kappa shape index (κ2) is 4.45. The fraction of sp³-hybridized carbons (Fsp3) is 0.786. The van der Waals surface area contributed by atoms with Gasteiger partial charge in [-0.15, -0.1) is 0 Å². The van der Waals surface area contributed by atoms with E-state index >= 15 is 0 Å². The molecule has 3 heterocycles. The summed E-state index contributed by atoms with van der Waals surface area (Å²) >= 11 is 0. The first kappa shape index (κ1) is 11.3. The van der Waals surface area contributed by atoms with Crippen molar-refractivity contribution in [1.29, 1.82) is 0 Å². The van der Waals surface area contributed by atoms with E-state index in [0.29, 0.717) is 5.92 Å². The van der Waals surface area contributed by atoms with Crippen LogP contribution in [0.5, 0.6) is 0 Å². The molecule has 1 aromatic rings. The van der Waals surface area contributed by atoms with Crippen molar-refractivity contribution in [2.24, 2.45) is 5.92 Å². The van der Waals surface area contributed by atoms with Crippen molar-refractivity contribution in [2.45, 2.75) is 45.1 Å². The molecule has 0 radical (unpaired) electrons. The summed E-state index contributed by atoms with van der Waals surface area (Å²) in [5.74, 6) is 2.81. The first-order valence-electron chi connectivity index (χ1n) is 6.97. The summed E-state index contributed by atoms with van der Waals surface area (Å²) in [6.07, 6.45) is 7.44. The fourth-order valence-electron chi connectivity index (χ4n) is 3.21. The Bertz CT molecular complexity index is 396. The van der Waals surface area contributed by atoms with Crippen molar-refractivity contribution in [3.63, 3.8) is 0 Å². The summed E-state index contributed by atoms with van der Waals surface area (Å²) in [5.41, 5.74) is 1.35. The molecule has 2 aliphatic heterocycles. The molecular weight excluding hydrogens is 210 g/mol. The Labute approximate surface area is 104 Å². The third-order valence-electron chi connectivity index (χ3n) is 4.31. The quantitative estimate of drug-likeness (QED) is 0.742. The number of aryl methyl sites for hydroxylation is 1. The van der Waals surface area contributed by atoms with Crippen molar-refractivity contribution >= 4 is 0 Å². The summed E-state index contributed by atoms with van der Waals surface area (Å²) in [6, 6.07) is 0. The van der Waals surface area contributed by atoms with Crippen LogP contribution in [0, 0.1) is 5.92 Å². The maximum atomic E-state index is 4.90. The number of likely N-dealkylation sites (N-methyl/N-ethyl adjacent to an activating group) is 1. The van der Waals surface area contributed by atoms with Crippen LogP contribution in [0.4, 0.5) is 0 Å². The van der Waals surface area contributed by atoms with E-state index in [0.717, 1.165) is 5.92 Å². The molecule has 3 rings (SSSR count). The molecule has 0 aliphatic carbocycles. The summed E-state index contributed by atoms with van der Waals surface area (Å²) in [7, 11) is 2.23. The maximum absolute atomic E-state index is 4.90. The van der Waals surface area contributed by atoms with Crippen LogP contribution < -0.4 is 0 Å². The molecule has 0 N–H and O–H groups in total. The van der Waals surface area contributed by atoms with Gasteiger partial charge in [-0.3, -0.25) is 0 Å². The van der Waals surface area contributed by atoms with Crippen LogP contribution in [0.1, 0.15) is 43.6 Å². The number of rotatable bonds is 1. The molecule has 1 aromatic heterocycles. The van der Waals surface area contributed by atoms with Gasteiger partial charge in [0.15, 0.2) is 0 Å². The van der Waals surface area contributed by atoms with Gasteiger partial charge in [0.05, 0.1) is 5.69 Å². The predicted octanol–water partition coefficient (Wildman–Crippen LogP) is 2.27. The molecule has 2 unspecified atom stereocenters. The number of hydrogen-bond acceptors (Lipinski definition) is 2. The van der Waals surface area contributed by atoms with Crippen LogP contribution in [0.25, 0.3) is 0 Å². The van der Waals surface area contributed by atoms with E-state index in [1.807, 2.05) is 0 Å². The Kier molecular flexibility index (Phi) is 2.95. The second-order valence-electron chi connectivity index (χ2n) is 5.97. The molecule has 94 valence electrons. The molecule has 17 heavy (non-hydrogen) atoms. The highest BCUT2D eigenvalue weighted by Gasteiger charge is 2.24. The monoisotopic (exact) mass is 233 g/mol. The van der Waals surface area contributed by atoms with Gasteiger partial charge in [-0.25, -0.2) is 4.98 Å². The highest BCUT2D eigenvalue weighted by Crippen LogP contribution is 2.28. The van der Waals surface area contributed by atoms with Gasteiger partial charge in [0.1, 0.15) is 5.82 Å². The van der Waals surface area contributed by atoms with Crippen LogP contribution >= 0.6 is 0 Å². The molecule has 0 bridgehead atoms. The third-order valence-corrected chi connectivity index (χ3v) is 4.31. The van der Waals surface area contributed by atoms with Crippen LogP contribution in [0.2, 0.25) is 0 Å². The first-order valence-corrected chi connectivity index (χ1v) is 6.97. The van der Waals surface area contributed by atoms with E-state index in [9.17, 15) is 0 Å². The summed E-state index contributed by atoms with van der Waals surface area (Å²) in [5, 5.41) is 0. The smallest absolute Gasteiger partial charge is 0.109 e. The number of likely N-dealkylation sites (tertiary alicyclic amines) is 1. The van der Waals surface area contributed by atoms with Gasteiger partial charge in [-0.05, 0) is 38.8 Å². The number of nitrogens with zero attached hydrogens (tertiary/aromatic N) is 3. The van der Waals surface area contributed by atoms with Crippen LogP contribution in [-0.4, -0.2) is 34.6 Å². The molecule has 2 aliphatic rings. The average Bonchev–Trinajstić information content (AvgIpc) is 2.72. The van der Waals surface area contributed by atoms with Crippen LogP contribution in [0.15, 0.2) is 6.20 Å². The zero-order chi connectivity index (χ0) is 11.8. The average molecular weight is 233 g/mol. The number of piperidine rings is 1.